The summed E-state index contributed by atoms with van der Waals surface area (Å²) in [6.07, 6.45) is 2.21. The van der Waals surface area contributed by atoms with Crippen molar-refractivity contribution in [3.05, 3.63) is 45.8 Å². The van der Waals surface area contributed by atoms with Crippen molar-refractivity contribution in [1.29, 1.82) is 0 Å². The fraction of sp³-hybridized carbons (Fsp3) is 0.333. The van der Waals surface area contributed by atoms with Gasteiger partial charge in [-0.05, 0) is 50.7 Å². The molecular weight excluding hydrogens is 357 g/mol. The van der Waals surface area contributed by atoms with Gasteiger partial charge in [0, 0.05) is 16.2 Å². The molecule has 1 saturated heterocycles. The first-order chi connectivity index (χ1) is 12.1. The molecule has 1 aliphatic heterocycles. The molecule has 25 heavy (non-hydrogen) atoms. The largest absolute Gasteiger partial charge is 0.306 e. The summed E-state index contributed by atoms with van der Waals surface area (Å²) in [6.45, 7) is 2.16. The van der Waals surface area contributed by atoms with E-state index in [1.54, 1.807) is 23.9 Å². The van der Waals surface area contributed by atoms with Crippen molar-refractivity contribution >= 4 is 33.3 Å². The molecular formula is C18H18FN3OS2. The van der Waals surface area contributed by atoms with Gasteiger partial charge in [-0.25, -0.2) is 9.37 Å². The third-order valence-corrected chi connectivity index (χ3v) is 6.61. The Morgan fingerprint density at radius 1 is 1.28 bits per heavy atom. The second kappa shape index (κ2) is 6.90. The number of thioether (sulfide) groups is 1. The molecule has 0 spiro atoms. The van der Waals surface area contributed by atoms with Crippen LogP contribution >= 0.6 is 23.1 Å². The lowest BCUT2D eigenvalue weighted by Gasteiger charge is -2.27. The number of hydrogen-bond acceptors (Lipinski definition) is 5. The number of aromatic nitrogens is 2. The quantitative estimate of drug-likeness (QED) is 0.704. The van der Waals surface area contributed by atoms with Crippen LogP contribution in [0.3, 0.4) is 0 Å². The number of hydrogen-bond donors (Lipinski definition) is 1. The Morgan fingerprint density at radius 2 is 2.00 bits per heavy atom. The topological polar surface area (TPSA) is 49.0 Å². The van der Waals surface area contributed by atoms with Crippen molar-refractivity contribution in [2.24, 2.45) is 0 Å². The van der Waals surface area contributed by atoms with Crippen LogP contribution in [0, 0.1) is 5.82 Å². The lowest BCUT2D eigenvalue weighted by atomic mass is 10.1. The number of H-pyrrole nitrogens is 1. The molecule has 3 aromatic rings. The summed E-state index contributed by atoms with van der Waals surface area (Å²) < 4.78 is 13.1. The highest BCUT2D eigenvalue weighted by Crippen LogP contribution is 2.33. The highest BCUT2D eigenvalue weighted by Gasteiger charge is 2.20. The molecule has 4 nitrogen and oxygen atoms in total. The molecule has 1 fully saturated rings. The van der Waals surface area contributed by atoms with E-state index >= 15 is 0 Å². The Bertz CT molecular complexity index is 943. The van der Waals surface area contributed by atoms with Crippen LogP contribution in [0.5, 0.6) is 0 Å². The maximum Gasteiger partial charge on any atom is 0.260 e. The molecule has 1 aromatic carbocycles. The minimum atomic E-state index is -0.285. The van der Waals surface area contributed by atoms with Gasteiger partial charge in [-0.3, -0.25) is 4.79 Å². The molecule has 0 unspecified atom stereocenters. The van der Waals surface area contributed by atoms with E-state index in [0.717, 1.165) is 41.9 Å². The van der Waals surface area contributed by atoms with Crippen molar-refractivity contribution in [3.63, 3.8) is 0 Å². The average molecular weight is 375 g/mol. The summed E-state index contributed by atoms with van der Waals surface area (Å²) in [5, 5.41) is 3.70. The first-order valence-electron chi connectivity index (χ1n) is 8.23. The van der Waals surface area contributed by atoms with Gasteiger partial charge >= 0.3 is 0 Å². The number of nitrogens with one attached hydrogen (secondary N) is 1. The predicted octanol–water partition coefficient (Wildman–Crippen LogP) is 3.98. The van der Waals surface area contributed by atoms with Crippen LogP contribution < -0.4 is 5.56 Å². The molecule has 0 saturated carbocycles. The van der Waals surface area contributed by atoms with Crippen LogP contribution in [0.2, 0.25) is 0 Å². The number of likely N-dealkylation sites (tertiary alicyclic amines) is 1. The van der Waals surface area contributed by atoms with Crippen LogP contribution in [0.4, 0.5) is 4.39 Å². The fourth-order valence-electron chi connectivity index (χ4n) is 3.09. The van der Waals surface area contributed by atoms with Gasteiger partial charge in [0.1, 0.15) is 10.6 Å². The van der Waals surface area contributed by atoms with E-state index in [4.69, 9.17) is 0 Å². The third kappa shape index (κ3) is 3.49. The number of nitrogens with zero attached hydrogens (tertiary/aromatic N) is 2. The van der Waals surface area contributed by atoms with E-state index in [1.807, 2.05) is 5.38 Å². The molecule has 0 amide bonds. The first-order valence-corrected chi connectivity index (χ1v) is 9.99. The molecule has 7 heteroatoms. The maximum atomic E-state index is 13.1. The zero-order valence-electron chi connectivity index (χ0n) is 13.8. The summed E-state index contributed by atoms with van der Waals surface area (Å²) in [4.78, 5) is 23.3. The van der Waals surface area contributed by atoms with Gasteiger partial charge in [0.05, 0.1) is 5.39 Å². The van der Waals surface area contributed by atoms with Crippen LogP contribution in [0.1, 0.15) is 12.8 Å². The second-order valence-electron chi connectivity index (χ2n) is 6.33. The van der Waals surface area contributed by atoms with Gasteiger partial charge in [0.15, 0.2) is 5.16 Å². The zero-order valence-corrected chi connectivity index (χ0v) is 15.4. The number of benzene rings is 1. The van der Waals surface area contributed by atoms with Gasteiger partial charge in [-0.2, -0.15) is 0 Å². The SMILES string of the molecule is CN1CCC(Sc2nc3scc(-c4ccc(F)cc4)c3c(=O)[nH]2)CC1. The maximum absolute atomic E-state index is 13.1. The molecule has 1 N–H and O–H groups in total. The van der Waals surface area contributed by atoms with Crippen LogP contribution in [-0.2, 0) is 0 Å². The number of rotatable bonds is 3. The Hall–Kier alpha value is -1.70. The number of halogens is 1. The number of fused-ring (bicyclic) bond motifs is 1. The van der Waals surface area contributed by atoms with Gasteiger partial charge in [0.2, 0.25) is 0 Å². The van der Waals surface area contributed by atoms with Gasteiger partial charge < -0.3 is 9.88 Å². The summed E-state index contributed by atoms with van der Waals surface area (Å²) >= 11 is 3.12. The van der Waals surface area contributed by atoms with E-state index in [0.29, 0.717) is 15.8 Å². The van der Waals surface area contributed by atoms with Gasteiger partial charge in [0.25, 0.3) is 5.56 Å². The number of piperidine rings is 1. The summed E-state index contributed by atoms with van der Waals surface area (Å²) in [5.41, 5.74) is 1.52. The van der Waals surface area contributed by atoms with E-state index in [-0.39, 0.29) is 11.4 Å². The van der Waals surface area contributed by atoms with Crippen molar-refractivity contribution in [2.45, 2.75) is 23.2 Å². The van der Waals surface area contributed by atoms with Crippen molar-refractivity contribution < 1.29 is 4.39 Å². The number of thiophene rings is 1. The molecule has 0 bridgehead atoms. The standard InChI is InChI=1S/C18H18FN3OS2/c1-22-8-6-13(7-9-22)25-18-20-16(23)15-14(10-24-17(15)21-18)11-2-4-12(19)5-3-11/h2-5,10,13H,6-9H2,1H3,(H,20,21,23). The summed E-state index contributed by atoms with van der Waals surface area (Å²) in [6, 6.07) is 6.20. The zero-order chi connectivity index (χ0) is 17.4. The molecule has 0 atom stereocenters. The summed E-state index contributed by atoms with van der Waals surface area (Å²) in [5.74, 6) is -0.285. The van der Waals surface area contributed by atoms with Crippen molar-refractivity contribution in [1.82, 2.24) is 14.9 Å². The van der Waals surface area contributed by atoms with E-state index in [9.17, 15) is 9.18 Å². The van der Waals surface area contributed by atoms with Crippen LogP contribution in [0.15, 0.2) is 39.6 Å². The lowest BCUT2D eigenvalue weighted by molar-refractivity contribution is 0.282. The third-order valence-electron chi connectivity index (χ3n) is 4.52. The predicted molar refractivity (Wildman–Crippen MR) is 102 cm³/mol. The Balaban J connectivity index is 1.65. The first kappa shape index (κ1) is 16.8. The van der Waals surface area contributed by atoms with Gasteiger partial charge in [-0.1, -0.05) is 23.9 Å². The van der Waals surface area contributed by atoms with E-state index < -0.39 is 0 Å². The van der Waals surface area contributed by atoms with Crippen molar-refractivity contribution in [3.8, 4) is 11.1 Å². The smallest absolute Gasteiger partial charge is 0.260 e. The highest BCUT2D eigenvalue weighted by atomic mass is 32.2. The molecule has 3 heterocycles. The molecule has 2 aromatic heterocycles. The second-order valence-corrected chi connectivity index (χ2v) is 8.48. The fourth-order valence-corrected chi connectivity index (χ4v) is 5.15. The van der Waals surface area contributed by atoms with Crippen LogP contribution in [-0.4, -0.2) is 40.3 Å². The van der Waals surface area contributed by atoms with Gasteiger partial charge in [-0.15, -0.1) is 11.3 Å². The number of aromatic amines is 1. The Labute approximate surface area is 153 Å². The lowest BCUT2D eigenvalue weighted by Crippen LogP contribution is -2.31. The molecule has 130 valence electrons. The summed E-state index contributed by atoms with van der Waals surface area (Å²) in [7, 11) is 2.13. The minimum absolute atomic E-state index is 0.124. The minimum Gasteiger partial charge on any atom is -0.306 e. The molecule has 0 aliphatic carbocycles. The average Bonchev–Trinajstić information content (AvgIpc) is 3.02. The monoisotopic (exact) mass is 375 g/mol. The van der Waals surface area contributed by atoms with Crippen molar-refractivity contribution in [2.75, 3.05) is 20.1 Å². The molecule has 4 rings (SSSR count). The van der Waals surface area contributed by atoms with E-state index in [2.05, 4.69) is 21.9 Å². The Morgan fingerprint density at radius 3 is 2.72 bits per heavy atom. The van der Waals surface area contributed by atoms with Crippen LogP contribution in [0.25, 0.3) is 21.3 Å². The highest BCUT2D eigenvalue weighted by molar-refractivity contribution is 7.99. The molecule has 0 radical (unpaired) electrons. The normalized spacial score (nSPS) is 16.6. The van der Waals surface area contributed by atoms with E-state index in [1.165, 1.54) is 23.5 Å². The molecule has 1 aliphatic rings. The Kier molecular flexibility index (Phi) is 4.62.